The third kappa shape index (κ3) is 5.67. The predicted molar refractivity (Wildman–Crippen MR) is 83.4 cm³/mol. The van der Waals surface area contributed by atoms with E-state index in [2.05, 4.69) is 4.74 Å². The summed E-state index contributed by atoms with van der Waals surface area (Å²) in [6, 6.07) is 10.2. The third-order valence-electron chi connectivity index (χ3n) is 3.26. The molecule has 0 aromatic heterocycles. The summed E-state index contributed by atoms with van der Waals surface area (Å²) < 4.78 is 54.2. The first-order valence-corrected chi connectivity index (χ1v) is 6.79. The fourth-order valence-corrected chi connectivity index (χ4v) is 2.16. The second-order valence-corrected chi connectivity index (χ2v) is 5.01. The minimum absolute atomic E-state index is 0. The molecule has 0 spiro atoms. The van der Waals surface area contributed by atoms with Crippen molar-refractivity contribution in [3.8, 4) is 5.75 Å². The van der Waals surface area contributed by atoms with Crippen LogP contribution < -0.4 is 10.5 Å². The van der Waals surface area contributed by atoms with E-state index in [-0.39, 0.29) is 24.4 Å². The lowest BCUT2D eigenvalue weighted by molar-refractivity contribution is -0.274. The Labute approximate surface area is 142 Å². The molecule has 3 N–H and O–H groups in total. The zero-order chi connectivity index (χ0) is 17.0. The molecule has 0 unspecified atom stereocenters. The summed E-state index contributed by atoms with van der Waals surface area (Å²) in [6.07, 6.45) is -5.90. The number of hydrogen-bond donors (Lipinski definition) is 2. The van der Waals surface area contributed by atoms with E-state index in [4.69, 9.17) is 5.73 Å². The van der Waals surface area contributed by atoms with Crippen molar-refractivity contribution < 1.29 is 27.4 Å². The number of nitrogens with two attached hydrogens (primary N) is 1. The van der Waals surface area contributed by atoms with Crippen LogP contribution in [0.2, 0.25) is 0 Å². The summed E-state index contributed by atoms with van der Waals surface area (Å²) in [4.78, 5) is 0. The molecule has 2 aromatic carbocycles. The van der Waals surface area contributed by atoms with Crippen molar-refractivity contribution in [3.63, 3.8) is 0 Å². The number of halogens is 5. The van der Waals surface area contributed by atoms with Crippen LogP contribution in [0.5, 0.6) is 5.75 Å². The fraction of sp³-hybridized carbons (Fsp3) is 0.250. The van der Waals surface area contributed by atoms with Crippen LogP contribution in [0.4, 0.5) is 17.6 Å². The van der Waals surface area contributed by atoms with Gasteiger partial charge in [-0.25, -0.2) is 4.39 Å². The molecule has 0 aliphatic heterocycles. The molecule has 0 saturated carbocycles. The monoisotopic (exact) mass is 365 g/mol. The number of aliphatic hydroxyl groups excluding tert-OH is 1. The summed E-state index contributed by atoms with van der Waals surface area (Å²) in [5, 5.41) is 10.1. The standard InChI is InChI=1S/C16H15F4NO2.ClH/c17-13-7-6-11(23-16(18,19)20)9-12(13)15(21)14(22)8-10-4-2-1-3-5-10;/h1-7,9,14-15,22H,8,21H2;1H/t14-,15+;/m1./s1. The van der Waals surface area contributed by atoms with Gasteiger partial charge in [-0.1, -0.05) is 30.3 Å². The molecule has 0 bridgehead atoms. The summed E-state index contributed by atoms with van der Waals surface area (Å²) in [6.45, 7) is 0. The number of hydrogen-bond acceptors (Lipinski definition) is 3. The van der Waals surface area contributed by atoms with Crippen LogP contribution in [0.15, 0.2) is 48.5 Å². The lowest BCUT2D eigenvalue weighted by Crippen LogP contribution is -2.29. The minimum atomic E-state index is -4.89. The minimum Gasteiger partial charge on any atom is -0.406 e. The van der Waals surface area contributed by atoms with Gasteiger partial charge in [0, 0.05) is 12.0 Å². The summed E-state index contributed by atoms with van der Waals surface area (Å²) in [5.74, 6) is -1.39. The van der Waals surface area contributed by atoms with Gasteiger partial charge in [-0.2, -0.15) is 0 Å². The summed E-state index contributed by atoms with van der Waals surface area (Å²) in [5.41, 5.74) is 6.33. The van der Waals surface area contributed by atoms with Crippen LogP contribution in [0.1, 0.15) is 17.2 Å². The van der Waals surface area contributed by atoms with Gasteiger partial charge in [0.05, 0.1) is 12.1 Å². The number of benzene rings is 2. The Bertz CT molecular complexity index is 652. The molecule has 0 radical (unpaired) electrons. The van der Waals surface area contributed by atoms with Crippen LogP contribution in [0.25, 0.3) is 0 Å². The zero-order valence-corrected chi connectivity index (χ0v) is 13.2. The van der Waals surface area contributed by atoms with Gasteiger partial charge < -0.3 is 15.6 Å². The van der Waals surface area contributed by atoms with Gasteiger partial charge in [-0.15, -0.1) is 25.6 Å². The molecule has 132 valence electrons. The van der Waals surface area contributed by atoms with E-state index in [1.54, 1.807) is 30.3 Å². The number of alkyl halides is 3. The highest BCUT2D eigenvalue weighted by Crippen LogP contribution is 2.28. The van der Waals surface area contributed by atoms with Gasteiger partial charge in [0.2, 0.25) is 0 Å². The summed E-state index contributed by atoms with van der Waals surface area (Å²) in [7, 11) is 0. The molecule has 3 nitrogen and oxygen atoms in total. The molecule has 0 aliphatic carbocycles. The zero-order valence-electron chi connectivity index (χ0n) is 12.3. The second-order valence-electron chi connectivity index (χ2n) is 5.01. The van der Waals surface area contributed by atoms with Crippen molar-refractivity contribution in [2.24, 2.45) is 5.73 Å². The first-order valence-electron chi connectivity index (χ1n) is 6.79. The molecule has 2 aromatic rings. The predicted octanol–water partition coefficient (Wildman–Crippen LogP) is 3.75. The SMILES string of the molecule is Cl.N[C@@H](c1cc(OC(F)(F)F)ccc1F)[C@H](O)Cc1ccccc1. The van der Waals surface area contributed by atoms with E-state index in [1.807, 2.05) is 0 Å². The lowest BCUT2D eigenvalue weighted by Gasteiger charge is -2.21. The first-order chi connectivity index (χ1) is 10.8. The van der Waals surface area contributed by atoms with Crippen LogP contribution in [0, 0.1) is 5.82 Å². The Morgan fingerprint density at radius 3 is 2.29 bits per heavy atom. The molecule has 2 atom stereocenters. The maximum absolute atomic E-state index is 13.8. The highest BCUT2D eigenvalue weighted by Gasteiger charge is 2.32. The fourth-order valence-electron chi connectivity index (χ4n) is 2.16. The Kier molecular flexibility index (Phi) is 7.01. The van der Waals surface area contributed by atoms with Gasteiger partial charge in [-0.3, -0.25) is 0 Å². The third-order valence-corrected chi connectivity index (χ3v) is 3.26. The topological polar surface area (TPSA) is 55.5 Å². The van der Waals surface area contributed by atoms with Crippen molar-refractivity contribution in [1.29, 1.82) is 0 Å². The van der Waals surface area contributed by atoms with E-state index in [1.165, 1.54) is 0 Å². The van der Waals surface area contributed by atoms with E-state index >= 15 is 0 Å². The molecule has 0 saturated heterocycles. The number of rotatable bonds is 5. The smallest absolute Gasteiger partial charge is 0.406 e. The van der Waals surface area contributed by atoms with Crippen molar-refractivity contribution >= 4 is 12.4 Å². The molecular weight excluding hydrogens is 350 g/mol. The average Bonchev–Trinajstić information content (AvgIpc) is 2.48. The molecule has 8 heteroatoms. The van der Waals surface area contributed by atoms with E-state index in [0.717, 1.165) is 23.8 Å². The molecular formula is C16H16ClF4NO2. The van der Waals surface area contributed by atoms with Crippen molar-refractivity contribution in [1.82, 2.24) is 0 Å². The van der Waals surface area contributed by atoms with Crippen molar-refractivity contribution in [2.45, 2.75) is 24.9 Å². The molecule has 24 heavy (non-hydrogen) atoms. The van der Waals surface area contributed by atoms with Gasteiger partial charge in [0.15, 0.2) is 0 Å². The highest BCUT2D eigenvalue weighted by atomic mass is 35.5. The molecule has 0 aliphatic rings. The average molecular weight is 366 g/mol. The Morgan fingerprint density at radius 2 is 1.71 bits per heavy atom. The van der Waals surface area contributed by atoms with Gasteiger partial charge in [0.1, 0.15) is 11.6 Å². The van der Waals surface area contributed by atoms with Gasteiger partial charge in [0.25, 0.3) is 0 Å². The second kappa shape index (κ2) is 8.32. The van der Waals surface area contributed by atoms with E-state index in [0.29, 0.717) is 0 Å². The largest absolute Gasteiger partial charge is 0.573 e. The number of aliphatic hydroxyl groups is 1. The normalized spacial score (nSPS) is 13.8. The lowest BCUT2D eigenvalue weighted by atomic mass is 9.96. The first kappa shape index (κ1) is 20.2. The Balaban J connectivity index is 0.00000288. The van der Waals surface area contributed by atoms with Crippen LogP contribution in [-0.2, 0) is 6.42 Å². The van der Waals surface area contributed by atoms with Crippen molar-refractivity contribution in [3.05, 3.63) is 65.5 Å². The molecule has 0 fully saturated rings. The molecule has 0 amide bonds. The maximum Gasteiger partial charge on any atom is 0.573 e. The van der Waals surface area contributed by atoms with Crippen LogP contribution >= 0.6 is 12.4 Å². The maximum atomic E-state index is 13.8. The Hall–Kier alpha value is -1.83. The van der Waals surface area contributed by atoms with Crippen LogP contribution in [0.3, 0.4) is 0 Å². The Morgan fingerprint density at radius 1 is 1.08 bits per heavy atom. The van der Waals surface area contributed by atoms with Gasteiger partial charge >= 0.3 is 6.36 Å². The van der Waals surface area contributed by atoms with E-state index < -0.39 is 30.1 Å². The van der Waals surface area contributed by atoms with E-state index in [9.17, 15) is 22.7 Å². The number of ether oxygens (including phenoxy) is 1. The molecule has 2 rings (SSSR count). The highest BCUT2D eigenvalue weighted by molar-refractivity contribution is 5.85. The van der Waals surface area contributed by atoms with Crippen LogP contribution in [-0.4, -0.2) is 17.6 Å². The molecule has 0 heterocycles. The van der Waals surface area contributed by atoms with Crippen molar-refractivity contribution in [2.75, 3.05) is 0 Å². The quantitative estimate of drug-likeness (QED) is 0.793. The van der Waals surface area contributed by atoms with Gasteiger partial charge in [-0.05, 0) is 23.8 Å². The summed E-state index contributed by atoms with van der Waals surface area (Å²) >= 11 is 0.